The van der Waals surface area contributed by atoms with E-state index in [2.05, 4.69) is 4.90 Å². The number of rotatable bonds is 8. The summed E-state index contributed by atoms with van der Waals surface area (Å²) in [5.74, 6) is 0.741. The molecule has 1 heterocycles. The molecule has 1 aliphatic heterocycles. The van der Waals surface area contributed by atoms with E-state index in [0.29, 0.717) is 32.7 Å². The highest BCUT2D eigenvalue weighted by atomic mass is 32.2. The molecule has 3 rings (SSSR count). The van der Waals surface area contributed by atoms with Gasteiger partial charge in [-0.05, 0) is 36.3 Å². The van der Waals surface area contributed by atoms with E-state index in [-0.39, 0.29) is 6.61 Å². The summed E-state index contributed by atoms with van der Waals surface area (Å²) < 4.78 is 32.2. The van der Waals surface area contributed by atoms with Crippen molar-refractivity contribution in [1.82, 2.24) is 9.21 Å². The second kappa shape index (κ2) is 10.0. The number of piperazine rings is 1. The second-order valence-electron chi connectivity index (χ2n) is 7.24. The zero-order valence-corrected chi connectivity index (χ0v) is 17.5. The van der Waals surface area contributed by atoms with Crippen molar-refractivity contribution in [3.8, 4) is 5.75 Å². The SMILES string of the molecule is Cc1cccc(OCC(O)CN2CCN(S(=O)(=O)C=Cc3ccccc3)CC2)c1. The Morgan fingerprint density at radius 2 is 1.79 bits per heavy atom. The van der Waals surface area contributed by atoms with Crippen molar-refractivity contribution in [3.63, 3.8) is 0 Å². The van der Waals surface area contributed by atoms with Crippen molar-refractivity contribution in [2.75, 3.05) is 39.3 Å². The molecule has 0 aromatic heterocycles. The van der Waals surface area contributed by atoms with E-state index >= 15 is 0 Å². The number of aliphatic hydroxyl groups excluding tert-OH is 1. The molecule has 6 nitrogen and oxygen atoms in total. The number of hydrogen-bond acceptors (Lipinski definition) is 5. The van der Waals surface area contributed by atoms with E-state index in [4.69, 9.17) is 4.74 Å². The van der Waals surface area contributed by atoms with Gasteiger partial charge in [0.25, 0.3) is 0 Å². The molecule has 1 atom stereocenters. The van der Waals surface area contributed by atoms with Gasteiger partial charge in [-0.2, -0.15) is 4.31 Å². The molecule has 0 radical (unpaired) electrons. The van der Waals surface area contributed by atoms with Gasteiger partial charge in [0.15, 0.2) is 0 Å². The van der Waals surface area contributed by atoms with Crippen LogP contribution in [0.4, 0.5) is 0 Å². The fourth-order valence-electron chi connectivity index (χ4n) is 3.23. The maximum Gasteiger partial charge on any atom is 0.236 e. The van der Waals surface area contributed by atoms with Crippen LogP contribution < -0.4 is 4.74 Å². The lowest BCUT2D eigenvalue weighted by atomic mass is 10.2. The molecule has 1 fully saturated rings. The Morgan fingerprint density at radius 1 is 1.07 bits per heavy atom. The van der Waals surface area contributed by atoms with E-state index in [1.165, 1.54) is 9.71 Å². The van der Waals surface area contributed by atoms with Gasteiger partial charge in [-0.25, -0.2) is 8.42 Å². The van der Waals surface area contributed by atoms with Crippen LogP contribution >= 0.6 is 0 Å². The fraction of sp³-hybridized carbons (Fsp3) is 0.364. The molecule has 0 spiro atoms. The lowest BCUT2D eigenvalue weighted by Gasteiger charge is -2.34. The van der Waals surface area contributed by atoms with Gasteiger partial charge in [-0.15, -0.1) is 0 Å². The van der Waals surface area contributed by atoms with Gasteiger partial charge in [0.2, 0.25) is 10.0 Å². The topological polar surface area (TPSA) is 70.1 Å². The molecule has 1 saturated heterocycles. The molecular formula is C22H28N2O4S. The van der Waals surface area contributed by atoms with Crippen LogP contribution in [0.25, 0.3) is 6.08 Å². The summed E-state index contributed by atoms with van der Waals surface area (Å²) >= 11 is 0. The summed E-state index contributed by atoms with van der Waals surface area (Å²) in [4.78, 5) is 2.07. The summed E-state index contributed by atoms with van der Waals surface area (Å²) in [5, 5.41) is 11.5. The lowest BCUT2D eigenvalue weighted by Crippen LogP contribution is -2.50. The molecule has 0 bridgehead atoms. The maximum absolute atomic E-state index is 12.5. The highest BCUT2D eigenvalue weighted by Crippen LogP contribution is 2.14. The van der Waals surface area contributed by atoms with Gasteiger partial charge in [0, 0.05) is 38.1 Å². The van der Waals surface area contributed by atoms with Crippen molar-refractivity contribution >= 4 is 16.1 Å². The first-order valence-electron chi connectivity index (χ1n) is 9.75. The Labute approximate surface area is 173 Å². The Balaban J connectivity index is 1.44. The number of hydrogen-bond donors (Lipinski definition) is 1. The molecule has 2 aromatic carbocycles. The third kappa shape index (κ3) is 6.68. The van der Waals surface area contributed by atoms with E-state index in [1.54, 1.807) is 6.08 Å². The lowest BCUT2D eigenvalue weighted by molar-refractivity contribution is 0.0570. The van der Waals surface area contributed by atoms with Crippen LogP contribution in [-0.2, 0) is 10.0 Å². The van der Waals surface area contributed by atoms with Crippen LogP contribution in [0.5, 0.6) is 5.75 Å². The number of β-amino-alcohol motifs (C(OH)–C–C–N with tert-alkyl or cyclic N) is 1. The van der Waals surface area contributed by atoms with Crippen LogP contribution in [0.1, 0.15) is 11.1 Å². The summed E-state index contributed by atoms with van der Waals surface area (Å²) in [6, 6.07) is 17.1. The second-order valence-corrected chi connectivity index (χ2v) is 9.06. The van der Waals surface area contributed by atoms with Crippen molar-refractivity contribution < 1.29 is 18.3 Å². The first-order chi connectivity index (χ1) is 13.9. The predicted molar refractivity (Wildman–Crippen MR) is 115 cm³/mol. The highest BCUT2D eigenvalue weighted by Gasteiger charge is 2.26. The highest BCUT2D eigenvalue weighted by molar-refractivity contribution is 7.92. The first-order valence-corrected chi connectivity index (χ1v) is 11.3. The van der Waals surface area contributed by atoms with Crippen molar-refractivity contribution in [2.45, 2.75) is 13.0 Å². The van der Waals surface area contributed by atoms with E-state index in [0.717, 1.165) is 16.9 Å². The molecular weight excluding hydrogens is 388 g/mol. The monoisotopic (exact) mass is 416 g/mol. The number of aliphatic hydroxyl groups is 1. The van der Waals surface area contributed by atoms with Crippen LogP contribution in [-0.4, -0.2) is 68.2 Å². The minimum absolute atomic E-state index is 0.210. The summed E-state index contributed by atoms with van der Waals surface area (Å²) in [5.41, 5.74) is 1.96. The van der Waals surface area contributed by atoms with Gasteiger partial charge in [0.1, 0.15) is 18.5 Å². The number of sulfonamides is 1. The van der Waals surface area contributed by atoms with Crippen molar-refractivity contribution in [3.05, 3.63) is 71.1 Å². The van der Waals surface area contributed by atoms with Crippen LogP contribution in [0.2, 0.25) is 0 Å². The van der Waals surface area contributed by atoms with Gasteiger partial charge < -0.3 is 9.84 Å². The smallest absolute Gasteiger partial charge is 0.236 e. The quantitative estimate of drug-likeness (QED) is 0.715. The third-order valence-electron chi connectivity index (χ3n) is 4.82. The number of benzene rings is 2. The zero-order chi connectivity index (χ0) is 20.7. The normalized spacial score (nSPS) is 17.4. The zero-order valence-electron chi connectivity index (χ0n) is 16.6. The molecule has 29 heavy (non-hydrogen) atoms. The van der Waals surface area contributed by atoms with E-state index in [9.17, 15) is 13.5 Å². The van der Waals surface area contributed by atoms with Crippen molar-refractivity contribution in [1.29, 1.82) is 0 Å². The largest absolute Gasteiger partial charge is 0.491 e. The Morgan fingerprint density at radius 3 is 2.48 bits per heavy atom. The molecule has 0 amide bonds. The van der Waals surface area contributed by atoms with Crippen LogP contribution in [0, 0.1) is 6.92 Å². The van der Waals surface area contributed by atoms with Crippen LogP contribution in [0.3, 0.4) is 0 Å². The molecule has 7 heteroatoms. The average Bonchev–Trinajstić information content (AvgIpc) is 2.72. The fourth-order valence-corrected chi connectivity index (χ4v) is 4.40. The number of aryl methyl sites for hydroxylation is 1. The Bertz CT molecular complexity index is 907. The molecule has 156 valence electrons. The predicted octanol–water partition coefficient (Wildman–Crippen LogP) is 2.35. The number of ether oxygens (including phenoxy) is 1. The molecule has 1 unspecified atom stereocenters. The number of nitrogens with zero attached hydrogens (tertiary/aromatic N) is 2. The Kier molecular flexibility index (Phi) is 7.44. The third-order valence-corrected chi connectivity index (χ3v) is 6.39. The van der Waals surface area contributed by atoms with Gasteiger partial charge in [-0.1, -0.05) is 42.5 Å². The van der Waals surface area contributed by atoms with Crippen molar-refractivity contribution in [2.24, 2.45) is 0 Å². The standard InChI is InChI=1S/C22H28N2O4S/c1-19-6-5-9-22(16-19)28-18-21(25)17-23-11-13-24(14-12-23)29(26,27)15-10-20-7-3-2-4-8-20/h2-10,15-16,21,25H,11-14,17-18H2,1H3. The minimum Gasteiger partial charge on any atom is -0.491 e. The summed E-state index contributed by atoms with van der Waals surface area (Å²) in [6.07, 6.45) is 0.991. The molecule has 1 aliphatic rings. The minimum atomic E-state index is -3.44. The van der Waals surface area contributed by atoms with Gasteiger partial charge in [-0.3, -0.25) is 4.90 Å². The molecule has 0 saturated carbocycles. The van der Waals surface area contributed by atoms with Gasteiger partial charge >= 0.3 is 0 Å². The molecule has 0 aliphatic carbocycles. The molecule has 2 aromatic rings. The Hall–Kier alpha value is -2.19. The molecule has 1 N–H and O–H groups in total. The van der Waals surface area contributed by atoms with E-state index in [1.807, 2.05) is 61.5 Å². The van der Waals surface area contributed by atoms with Gasteiger partial charge in [0.05, 0.1) is 0 Å². The maximum atomic E-state index is 12.5. The average molecular weight is 417 g/mol. The van der Waals surface area contributed by atoms with E-state index < -0.39 is 16.1 Å². The summed E-state index contributed by atoms with van der Waals surface area (Å²) in [7, 11) is -3.44. The summed E-state index contributed by atoms with van der Waals surface area (Å²) in [6.45, 7) is 4.65. The van der Waals surface area contributed by atoms with Crippen LogP contribution in [0.15, 0.2) is 60.0 Å². The first kappa shape index (κ1) is 21.5.